The van der Waals surface area contributed by atoms with Gasteiger partial charge in [-0.25, -0.2) is 0 Å². The average Bonchev–Trinajstić information content (AvgIpc) is 2.98. The van der Waals surface area contributed by atoms with Crippen molar-refractivity contribution >= 4 is 40.8 Å². The number of fused-ring (bicyclic) bond motifs is 2. The minimum absolute atomic E-state index is 0. The SMILES string of the molecule is Cn1nc(CCN=C(N)NC2CCOc3ccccc32)c2ccccc21.I. The Hall–Kier alpha value is -2.29. The number of aryl methyl sites for hydroxylation is 1. The van der Waals surface area contributed by atoms with E-state index in [0.717, 1.165) is 35.4 Å². The Labute approximate surface area is 175 Å². The molecule has 2 aromatic carbocycles. The van der Waals surface area contributed by atoms with E-state index in [1.165, 1.54) is 5.39 Å². The van der Waals surface area contributed by atoms with Crippen LogP contribution in [0.25, 0.3) is 10.9 Å². The molecule has 0 spiro atoms. The molecule has 1 unspecified atom stereocenters. The van der Waals surface area contributed by atoms with Crippen LogP contribution in [0.15, 0.2) is 53.5 Å². The van der Waals surface area contributed by atoms with E-state index in [0.29, 0.717) is 19.1 Å². The Bertz CT molecular complexity index is 952. The van der Waals surface area contributed by atoms with Gasteiger partial charge in [0.2, 0.25) is 0 Å². The third-order valence-corrected chi connectivity index (χ3v) is 4.75. The Morgan fingerprint density at radius 1 is 1.26 bits per heavy atom. The van der Waals surface area contributed by atoms with Crippen molar-refractivity contribution in [2.45, 2.75) is 18.9 Å². The van der Waals surface area contributed by atoms with Crippen LogP contribution in [0.3, 0.4) is 0 Å². The number of rotatable bonds is 4. The summed E-state index contributed by atoms with van der Waals surface area (Å²) in [6, 6.07) is 16.4. The van der Waals surface area contributed by atoms with Gasteiger partial charge in [0.15, 0.2) is 5.96 Å². The maximum atomic E-state index is 6.12. The third kappa shape index (κ3) is 4.18. The van der Waals surface area contributed by atoms with Crippen LogP contribution in [0.5, 0.6) is 5.75 Å². The first-order valence-corrected chi connectivity index (χ1v) is 8.91. The number of para-hydroxylation sites is 2. The van der Waals surface area contributed by atoms with E-state index in [2.05, 4.69) is 33.6 Å². The fraction of sp³-hybridized carbons (Fsp3) is 0.300. The summed E-state index contributed by atoms with van der Waals surface area (Å²) >= 11 is 0. The van der Waals surface area contributed by atoms with Gasteiger partial charge in [-0.3, -0.25) is 9.67 Å². The zero-order valence-corrected chi connectivity index (χ0v) is 17.6. The molecule has 4 rings (SSSR count). The van der Waals surface area contributed by atoms with Crippen LogP contribution < -0.4 is 15.8 Å². The molecule has 1 aliphatic heterocycles. The van der Waals surface area contributed by atoms with Gasteiger partial charge in [-0.1, -0.05) is 36.4 Å². The molecule has 0 saturated carbocycles. The van der Waals surface area contributed by atoms with Gasteiger partial charge in [-0.2, -0.15) is 5.10 Å². The number of halogens is 1. The van der Waals surface area contributed by atoms with E-state index in [-0.39, 0.29) is 30.0 Å². The number of guanidine groups is 1. The number of benzene rings is 2. The number of hydrogen-bond donors (Lipinski definition) is 2. The molecule has 1 aliphatic rings. The van der Waals surface area contributed by atoms with Crippen molar-refractivity contribution < 1.29 is 4.74 Å². The lowest BCUT2D eigenvalue weighted by Crippen LogP contribution is -2.37. The first-order valence-electron chi connectivity index (χ1n) is 8.91. The van der Waals surface area contributed by atoms with E-state index < -0.39 is 0 Å². The molecule has 6 nitrogen and oxygen atoms in total. The number of aliphatic imine (C=N–C) groups is 1. The molecular weight excluding hydrogens is 453 g/mol. The van der Waals surface area contributed by atoms with Crippen LogP contribution in [0, 0.1) is 0 Å². The summed E-state index contributed by atoms with van der Waals surface area (Å²) in [5.74, 6) is 1.39. The van der Waals surface area contributed by atoms with E-state index in [9.17, 15) is 0 Å². The standard InChI is InChI=1S/C20H23N5O.HI/c1-25-18-8-4-2-6-14(18)17(24-25)10-12-22-20(21)23-16-11-13-26-19-9-5-3-7-15(16)19;/h2-9,16H,10-13H2,1H3,(H3,21,22,23);1H. The van der Waals surface area contributed by atoms with Gasteiger partial charge in [0.05, 0.1) is 23.9 Å². The summed E-state index contributed by atoms with van der Waals surface area (Å²) in [6.07, 6.45) is 1.63. The Kier molecular flexibility index (Phi) is 6.20. The Balaban J connectivity index is 0.00000210. The van der Waals surface area contributed by atoms with Gasteiger partial charge in [0.25, 0.3) is 0 Å². The summed E-state index contributed by atoms with van der Waals surface area (Å²) < 4.78 is 7.60. The number of nitrogens with zero attached hydrogens (tertiary/aromatic N) is 3. The highest BCUT2D eigenvalue weighted by molar-refractivity contribution is 14.0. The molecule has 7 heteroatoms. The molecule has 0 radical (unpaired) electrons. The van der Waals surface area contributed by atoms with Crippen molar-refractivity contribution in [1.29, 1.82) is 0 Å². The number of nitrogens with two attached hydrogens (primary N) is 1. The van der Waals surface area contributed by atoms with E-state index >= 15 is 0 Å². The normalized spacial score (nSPS) is 16.3. The summed E-state index contributed by atoms with van der Waals surface area (Å²) in [5.41, 5.74) is 9.44. The maximum absolute atomic E-state index is 6.12. The molecule has 0 amide bonds. The summed E-state index contributed by atoms with van der Waals surface area (Å²) in [4.78, 5) is 4.50. The lowest BCUT2D eigenvalue weighted by atomic mass is 10.0. The van der Waals surface area contributed by atoms with Crippen molar-refractivity contribution in [3.63, 3.8) is 0 Å². The van der Waals surface area contributed by atoms with Crippen molar-refractivity contribution in [2.75, 3.05) is 13.2 Å². The molecular formula is C20H24IN5O. The summed E-state index contributed by atoms with van der Waals surface area (Å²) in [5, 5.41) is 9.10. The van der Waals surface area contributed by atoms with Gasteiger partial charge in [0.1, 0.15) is 5.75 Å². The molecule has 27 heavy (non-hydrogen) atoms. The largest absolute Gasteiger partial charge is 0.493 e. The third-order valence-electron chi connectivity index (χ3n) is 4.75. The molecule has 0 saturated heterocycles. The van der Waals surface area contributed by atoms with E-state index in [1.807, 2.05) is 42.1 Å². The van der Waals surface area contributed by atoms with Crippen LogP contribution in [-0.2, 0) is 13.5 Å². The molecule has 1 aromatic heterocycles. The summed E-state index contributed by atoms with van der Waals surface area (Å²) in [7, 11) is 1.97. The first-order chi connectivity index (χ1) is 12.7. The van der Waals surface area contributed by atoms with Crippen molar-refractivity contribution in [2.24, 2.45) is 17.8 Å². The number of nitrogens with one attached hydrogen (secondary N) is 1. The van der Waals surface area contributed by atoms with E-state index in [1.54, 1.807) is 0 Å². The van der Waals surface area contributed by atoms with Crippen LogP contribution in [-0.4, -0.2) is 28.9 Å². The molecule has 1 atom stereocenters. The zero-order chi connectivity index (χ0) is 17.9. The molecule has 142 valence electrons. The predicted octanol–water partition coefficient (Wildman–Crippen LogP) is 3.16. The Morgan fingerprint density at radius 2 is 2.04 bits per heavy atom. The fourth-order valence-corrected chi connectivity index (χ4v) is 3.47. The van der Waals surface area contributed by atoms with Gasteiger partial charge < -0.3 is 15.8 Å². The van der Waals surface area contributed by atoms with Gasteiger partial charge in [-0.05, 0) is 12.1 Å². The first kappa shape index (κ1) is 19.5. The molecule has 0 aliphatic carbocycles. The minimum Gasteiger partial charge on any atom is -0.493 e. The fourth-order valence-electron chi connectivity index (χ4n) is 3.47. The highest BCUT2D eigenvalue weighted by Crippen LogP contribution is 2.31. The van der Waals surface area contributed by atoms with Gasteiger partial charge in [-0.15, -0.1) is 24.0 Å². The monoisotopic (exact) mass is 477 g/mol. The second kappa shape index (κ2) is 8.60. The molecule has 0 fully saturated rings. The molecule has 3 N–H and O–H groups in total. The van der Waals surface area contributed by atoms with Crippen LogP contribution >= 0.6 is 24.0 Å². The quantitative estimate of drug-likeness (QED) is 0.344. The average molecular weight is 477 g/mol. The maximum Gasteiger partial charge on any atom is 0.189 e. The van der Waals surface area contributed by atoms with Crippen LogP contribution in [0.4, 0.5) is 0 Å². The second-order valence-electron chi connectivity index (χ2n) is 6.48. The topological polar surface area (TPSA) is 77.5 Å². The van der Waals surface area contributed by atoms with Crippen LogP contribution in [0.1, 0.15) is 23.7 Å². The van der Waals surface area contributed by atoms with Crippen molar-refractivity contribution in [3.05, 3.63) is 59.8 Å². The van der Waals surface area contributed by atoms with Gasteiger partial charge >= 0.3 is 0 Å². The smallest absolute Gasteiger partial charge is 0.189 e. The lowest BCUT2D eigenvalue weighted by molar-refractivity contribution is 0.262. The predicted molar refractivity (Wildman–Crippen MR) is 119 cm³/mol. The van der Waals surface area contributed by atoms with Crippen molar-refractivity contribution in [3.8, 4) is 5.75 Å². The van der Waals surface area contributed by atoms with Gasteiger partial charge in [0, 0.05) is 37.4 Å². The Morgan fingerprint density at radius 3 is 2.93 bits per heavy atom. The number of hydrogen-bond acceptors (Lipinski definition) is 3. The van der Waals surface area contributed by atoms with E-state index in [4.69, 9.17) is 10.5 Å². The van der Waals surface area contributed by atoms with Crippen LogP contribution in [0.2, 0.25) is 0 Å². The number of ether oxygens (including phenoxy) is 1. The second-order valence-corrected chi connectivity index (χ2v) is 6.48. The molecule has 0 bridgehead atoms. The number of aromatic nitrogens is 2. The minimum atomic E-state index is 0. The molecule has 2 heterocycles. The summed E-state index contributed by atoms with van der Waals surface area (Å²) in [6.45, 7) is 1.28. The molecule has 3 aromatic rings. The highest BCUT2D eigenvalue weighted by atomic mass is 127. The van der Waals surface area contributed by atoms with Crippen molar-refractivity contribution in [1.82, 2.24) is 15.1 Å². The highest BCUT2D eigenvalue weighted by Gasteiger charge is 2.21. The lowest BCUT2D eigenvalue weighted by Gasteiger charge is -2.26. The zero-order valence-electron chi connectivity index (χ0n) is 15.3.